The van der Waals surface area contributed by atoms with Gasteiger partial charge in [-0.05, 0) is 12.2 Å². The number of benzene rings is 1. The Labute approximate surface area is 162 Å². The fraction of sp³-hybridized carbons (Fsp3) is 0.389. The van der Waals surface area contributed by atoms with Crippen LogP contribution in [0.3, 0.4) is 0 Å². The second-order valence-electron chi connectivity index (χ2n) is 5.97. The van der Waals surface area contributed by atoms with Gasteiger partial charge in [-0.2, -0.15) is 5.10 Å². The Bertz CT molecular complexity index is 831. The number of ether oxygens (including phenoxy) is 1. The molecule has 1 aliphatic rings. The van der Waals surface area contributed by atoms with Crippen molar-refractivity contribution >= 4 is 29.9 Å². The van der Waals surface area contributed by atoms with Crippen LogP contribution in [0.2, 0.25) is 0 Å². The van der Waals surface area contributed by atoms with E-state index in [1.54, 1.807) is 11.8 Å². The summed E-state index contributed by atoms with van der Waals surface area (Å²) in [5.74, 6) is 1.53. The number of hydrogen-bond acceptors (Lipinski definition) is 6. The van der Waals surface area contributed by atoms with Gasteiger partial charge in [0, 0.05) is 31.0 Å². The van der Waals surface area contributed by atoms with Crippen LogP contribution in [0.25, 0.3) is 11.4 Å². The first-order chi connectivity index (χ1) is 12.6. The van der Waals surface area contributed by atoms with Gasteiger partial charge in [-0.1, -0.05) is 36.4 Å². The summed E-state index contributed by atoms with van der Waals surface area (Å²) in [6, 6.07) is 9.99. The minimum atomic E-state index is -0.176. The highest BCUT2D eigenvalue weighted by molar-refractivity contribution is 8.00. The molecule has 0 saturated carbocycles. The highest BCUT2D eigenvalue weighted by Crippen LogP contribution is 2.22. The Morgan fingerprint density at radius 1 is 1.46 bits per heavy atom. The number of methoxy groups -OCH3 is 1. The van der Waals surface area contributed by atoms with E-state index in [1.165, 1.54) is 7.11 Å². The first-order valence-electron chi connectivity index (χ1n) is 8.39. The van der Waals surface area contributed by atoms with Gasteiger partial charge in [0.15, 0.2) is 10.6 Å². The van der Waals surface area contributed by atoms with Crippen LogP contribution < -0.4 is 0 Å². The molecule has 6 nitrogen and oxygen atoms in total. The Morgan fingerprint density at radius 3 is 2.92 bits per heavy atom. The third-order valence-corrected chi connectivity index (χ3v) is 5.81. The zero-order valence-electron chi connectivity index (χ0n) is 14.7. The smallest absolute Gasteiger partial charge is 0.320 e. The van der Waals surface area contributed by atoms with Crippen molar-refractivity contribution in [3.05, 3.63) is 47.8 Å². The van der Waals surface area contributed by atoms with Crippen molar-refractivity contribution in [1.82, 2.24) is 19.2 Å². The summed E-state index contributed by atoms with van der Waals surface area (Å²) in [5, 5.41) is 4.59. The van der Waals surface area contributed by atoms with E-state index in [4.69, 9.17) is 22.1 Å². The summed E-state index contributed by atoms with van der Waals surface area (Å²) in [6.07, 6.45) is 1.82. The maximum atomic E-state index is 11.8. The maximum Gasteiger partial charge on any atom is 0.320 e. The third kappa shape index (κ3) is 4.08. The molecule has 3 rings (SSSR count). The van der Waals surface area contributed by atoms with Crippen LogP contribution >= 0.6 is 24.0 Å². The van der Waals surface area contributed by atoms with Gasteiger partial charge < -0.3 is 4.74 Å². The van der Waals surface area contributed by atoms with Crippen molar-refractivity contribution in [2.45, 2.75) is 18.5 Å². The predicted octanol–water partition coefficient (Wildman–Crippen LogP) is 2.81. The number of rotatable bonds is 6. The van der Waals surface area contributed by atoms with Crippen molar-refractivity contribution in [3.8, 4) is 11.4 Å². The molecule has 1 aliphatic heterocycles. The fourth-order valence-electron chi connectivity index (χ4n) is 2.92. The number of esters is 1. The fourth-order valence-corrected chi connectivity index (χ4v) is 4.38. The number of carbonyl (C=O) groups is 1. The van der Waals surface area contributed by atoms with E-state index in [2.05, 4.69) is 11.5 Å². The van der Waals surface area contributed by atoms with Gasteiger partial charge in [0.1, 0.15) is 5.25 Å². The maximum absolute atomic E-state index is 11.8. The van der Waals surface area contributed by atoms with Gasteiger partial charge in [0.05, 0.1) is 13.8 Å². The zero-order chi connectivity index (χ0) is 18.5. The number of hydrogen-bond donors (Lipinski definition) is 0. The molecule has 0 N–H and O–H groups in total. The Morgan fingerprint density at radius 2 is 2.23 bits per heavy atom. The van der Waals surface area contributed by atoms with Crippen LogP contribution in [-0.2, 0) is 22.7 Å². The highest BCUT2D eigenvalue weighted by Gasteiger charge is 2.27. The molecule has 2 aromatic rings. The molecule has 1 aromatic carbocycles. The summed E-state index contributed by atoms with van der Waals surface area (Å²) in [5.41, 5.74) is 1.01. The average Bonchev–Trinajstić information content (AvgIpc) is 2.98. The lowest BCUT2D eigenvalue weighted by molar-refractivity contribution is -0.140. The molecular weight excluding hydrogens is 368 g/mol. The summed E-state index contributed by atoms with van der Waals surface area (Å²) in [6.45, 7) is 6.50. The number of thioether (sulfide) groups is 1. The number of nitrogens with zero attached hydrogens (tertiary/aromatic N) is 4. The molecule has 0 spiro atoms. The molecule has 1 aromatic heterocycles. The standard InChI is InChI=1S/C18H22N4O2S2/c1-3-9-21-16(14-7-5-4-6-8-14)19-22(18(21)25)13-20-10-11-26-15(12-20)17(23)24-2/h3-8,15H,1,9-13H2,2H3/t15-/m1/s1. The lowest BCUT2D eigenvalue weighted by Crippen LogP contribution is -2.42. The second kappa shape index (κ2) is 8.66. The van der Waals surface area contributed by atoms with Gasteiger partial charge in [-0.25, -0.2) is 4.68 Å². The van der Waals surface area contributed by atoms with Gasteiger partial charge in [-0.15, -0.1) is 18.3 Å². The van der Waals surface area contributed by atoms with Gasteiger partial charge in [-0.3, -0.25) is 14.3 Å². The van der Waals surface area contributed by atoms with Crippen molar-refractivity contribution in [2.24, 2.45) is 0 Å². The molecule has 0 radical (unpaired) electrons. The third-order valence-electron chi connectivity index (χ3n) is 4.22. The minimum absolute atomic E-state index is 0.160. The Hall–Kier alpha value is -1.90. The van der Waals surface area contributed by atoms with Crippen LogP contribution in [-0.4, -0.2) is 56.4 Å². The molecule has 0 aliphatic carbocycles. The highest BCUT2D eigenvalue weighted by atomic mass is 32.2. The topological polar surface area (TPSA) is 52.3 Å². The predicted molar refractivity (Wildman–Crippen MR) is 107 cm³/mol. The van der Waals surface area contributed by atoms with E-state index in [-0.39, 0.29) is 11.2 Å². The molecule has 8 heteroatoms. The summed E-state index contributed by atoms with van der Waals surface area (Å²) in [7, 11) is 1.43. The van der Waals surface area contributed by atoms with Crippen LogP contribution in [0.4, 0.5) is 0 Å². The molecule has 0 amide bonds. The number of carbonyl (C=O) groups excluding carboxylic acids is 1. The molecule has 0 bridgehead atoms. The van der Waals surface area contributed by atoms with Gasteiger partial charge >= 0.3 is 5.97 Å². The molecular formula is C18H22N4O2S2. The number of allylic oxidation sites excluding steroid dienone is 1. The number of aromatic nitrogens is 3. The van der Waals surface area contributed by atoms with Crippen LogP contribution in [0, 0.1) is 4.77 Å². The monoisotopic (exact) mass is 390 g/mol. The first-order valence-corrected chi connectivity index (χ1v) is 9.85. The molecule has 1 atom stereocenters. The lowest BCUT2D eigenvalue weighted by Gasteiger charge is -2.30. The lowest BCUT2D eigenvalue weighted by atomic mass is 10.2. The zero-order valence-corrected chi connectivity index (χ0v) is 16.3. The Kier molecular flexibility index (Phi) is 6.29. The molecule has 138 valence electrons. The minimum Gasteiger partial charge on any atom is -0.468 e. The second-order valence-corrected chi connectivity index (χ2v) is 7.65. The SMILES string of the molecule is C=CCn1c(-c2ccccc2)nn(CN2CCS[C@@H](C(=O)OC)C2)c1=S. The Balaban J connectivity index is 1.85. The molecule has 1 fully saturated rings. The normalized spacial score (nSPS) is 17.8. The van der Waals surface area contributed by atoms with Crippen molar-refractivity contribution in [2.75, 3.05) is 26.0 Å². The first kappa shape index (κ1) is 18.9. The van der Waals surface area contributed by atoms with Gasteiger partial charge in [0.2, 0.25) is 0 Å². The summed E-state index contributed by atoms with van der Waals surface area (Å²) >= 11 is 7.28. The van der Waals surface area contributed by atoms with Crippen LogP contribution in [0.15, 0.2) is 43.0 Å². The van der Waals surface area contributed by atoms with E-state index in [1.807, 2.05) is 45.7 Å². The molecule has 26 heavy (non-hydrogen) atoms. The van der Waals surface area contributed by atoms with E-state index < -0.39 is 0 Å². The van der Waals surface area contributed by atoms with E-state index >= 15 is 0 Å². The van der Waals surface area contributed by atoms with E-state index in [0.29, 0.717) is 24.5 Å². The van der Waals surface area contributed by atoms with Crippen LogP contribution in [0.1, 0.15) is 0 Å². The van der Waals surface area contributed by atoms with Crippen molar-refractivity contribution in [3.63, 3.8) is 0 Å². The summed E-state index contributed by atoms with van der Waals surface area (Å²) < 4.78 is 9.34. The summed E-state index contributed by atoms with van der Waals surface area (Å²) in [4.78, 5) is 14.0. The van der Waals surface area contributed by atoms with Crippen molar-refractivity contribution in [1.29, 1.82) is 0 Å². The molecule has 1 saturated heterocycles. The average molecular weight is 391 g/mol. The van der Waals surface area contributed by atoms with E-state index in [0.717, 1.165) is 23.7 Å². The quantitative estimate of drug-likeness (QED) is 0.430. The van der Waals surface area contributed by atoms with Crippen LogP contribution in [0.5, 0.6) is 0 Å². The largest absolute Gasteiger partial charge is 0.468 e. The molecule has 2 heterocycles. The van der Waals surface area contributed by atoms with Gasteiger partial charge in [0.25, 0.3) is 0 Å². The van der Waals surface area contributed by atoms with Crippen molar-refractivity contribution < 1.29 is 9.53 Å². The molecule has 0 unspecified atom stereocenters. The van der Waals surface area contributed by atoms with E-state index in [9.17, 15) is 4.79 Å².